The molecule has 1 N–H and O–H groups in total. The molecular weight excluding hydrogens is 431 g/mol. The third-order valence-corrected chi connectivity index (χ3v) is 8.55. The van der Waals surface area contributed by atoms with E-state index in [1.807, 2.05) is 18.2 Å². The highest BCUT2D eigenvalue weighted by atomic mass is 79.9. The molecule has 1 spiro atoms. The molecule has 4 heteroatoms. The van der Waals surface area contributed by atoms with Crippen LogP contribution in [0.1, 0.15) is 51.0 Å². The molecule has 3 aliphatic rings. The highest BCUT2D eigenvalue weighted by molar-refractivity contribution is 9.10. The fourth-order valence-corrected chi connectivity index (χ4v) is 6.98. The smallest absolute Gasteiger partial charge is 0.124 e. The molecule has 2 aromatic carbocycles. The first-order valence-electron chi connectivity index (χ1n) is 10.9. The zero-order valence-electron chi connectivity index (χ0n) is 16.9. The number of phenolic OH excluding ortho intramolecular Hbond substituents is 1. The van der Waals surface area contributed by atoms with Crippen LogP contribution in [0.5, 0.6) is 11.5 Å². The van der Waals surface area contributed by atoms with Crippen LogP contribution in [-0.2, 0) is 6.42 Å². The number of ether oxygens (including phenoxy) is 1. The van der Waals surface area contributed by atoms with Gasteiger partial charge in [-0.15, -0.1) is 0 Å². The average molecular weight is 459 g/mol. The summed E-state index contributed by atoms with van der Waals surface area (Å²) in [4.78, 5) is 0. The maximum Gasteiger partial charge on any atom is 0.124 e. The van der Waals surface area contributed by atoms with E-state index < -0.39 is 6.17 Å². The van der Waals surface area contributed by atoms with Crippen molar-refractivity contribution in [1.29, 1.82) is 0 Å². The Balaban J connectivity index is 1.67. The lowest BCUT2D eigenvalue weighted by atomic mass is 9.45. The van der Waals surface area contributed by atoms with Crippen molar-refractivity contribution in [1.82, 2.24) is 0 Å². The fraction of sp³-hybridized carbons (Fsp3) is 0.520. The number of halogens is 2. The summed E-state index contributed by atoms with van der Waals surface area (Å²) in [6.45, 7) is 2.89. The van der Waals surface area contributed by atoms with E-state index in [2.05, 4.69) is 35.0 Å². The fourth-order valence-electron chi connectivity index (χ4n) is 6.45. The summed E-state index contributed by atoms with van der Waals surface area (Å²) in [6.07, 6.45) is 10.3. The van der Waals surface area contributed by atoms with E-state index in [9.17, 15) is 9.50 Å². The number of benzene rings is 2. The van der Waals surface area contributed by atoms with Gasteiger partial charge in [-0.2, -0.15) is 0 Å². The number of hydrogen-bond acceptors (Lipinski definition) is 2. The average Bonchev–Trinajstić information content (AvgIpc) is 2.69. The number of allylic oxidation sites excluding steroid dienone is 2. The van der Waals surface area contributed by atoms with E-state index >= 15 is 0 Å². The summed E-state index contributed by atoms with van der Waals surface area (Å²) in [7, 11) is 0. The quantitative estimate of drug-likeness (QED) is 0.496. The number of phenols is 1. The lowest BCUT2D eigenvalue weighted by Crippen LogP contribution is -2.59. The standard InChI is InChI=1S/C25H28BrFO2/c1-2-3-8-24-9-4-5-16(10-17(27)13-24)25(24)14-21-19-7-6-18(28)11-20(19)22(26)12-23(21)29-15-25/h4-7,11-12,16-17,28H,2-3,8-10,13-15H2,1H3. The second-order valence-corrected chi connectivity index (χ2v) is 10.2. The Bertz CT molecular complexity index is 986. The molecule has 1 aliphatic heterocycles. The van der Waals surface area contributed by atoms with Crippen LogP contribution in [0, 0.1) is 16.7 Å². The van der Waals surface area contributed by atoms with Crippen molar-refractivity contribution in [3.05, 3.63) is 46.5 Å². The van der Waals surface area contributed by atoms with Gasteiger partial charge in [-0.1, -0.05) is 53.9 Å². The lowest BCUT2D eigenvalue weighted by Gasteiger charge is -2.61. The van der Waals surface area contributed by atoms with Crippen LogP contribution in [0.25, 0.3) is 10.8 Å². The summed E-state index contributed by atoms with van der Waals surface area (Å²) in [6, 6.07) is 7.60. The van der Waals surface area contributed by atoms with Crippen LogP contribution in [0.2, 0.25) is 0 Å². The van der Waals surface area contributed by atoms with Crippen molar-refractivity contribution in [2.45, 2.75) is 58.0 Å². The zero-order chi connectivity index (χ0) is 20.2. The second kappa shape index (κ2) is 7.01. The van der Waals surface area contributed by atoms with Crippen molar-refractivity contribution in [3.8, 4) is 11.5 Å². The molecular formula is C25H28BrFO2. The van der Waals surface area contributed by atoms with E-state index in [0.717, 1.165) is 53.1 Å². The van der Waals surface area contributed by atoms with Gasteiger partial charge in [0.25, 0.3) is 0 Å². The van der Waals surface area contributed by atoms with Gasteiger partial charge in [0.1, 0.15) is 17.7 Å². The first kappa shape index (κ1) is 19.4. The zero-order valence-corrected chi connectivity index (χ0v) is 18.5. The van der Waals surface area contributed by atoms with Crippen molar-refractivity contribution in [2.24, 2.45) is 16.7 Å². The third kappa shape index (κ3) is 2.85. The molecule has 1 saturated carbocycles. The van der Waals surface area contributed by atoms with Gasteiger partial charge in [-0.05, 0) is 67.0 Å². The van der Waals surface area contributed by atoms with Crippen molar-refractivity contribution in [3.63, 3.8) is 0 Å². The van der Waals surface area contributed by atoms with Crippen LogP contribution < -0.4 is 4.74 Å². The van der Waals surface area contributed by atoms with E-state index in [4.69, 9.17) is 4.74 Å². The second-order valence-electron chi connectivity index (χ2n) is 9.35. The number of fused-ring (bicyclic) bond motifs is 3. The normalized spacial score (nSPS) is 32.9. The van der Waals surface area contributed by atoms with Gasteiger partial charge in [-0.25, -0.2) is 4.39 Å². The minimum absolute atomic E-state index is 0.0336. The third-order valence-electron chi connectivity index (χ3n) is 7.89. The van der Waals surface area contributed by atoms with Gasteiger partial charge in [0, 0.05) is 20.8 Å². The Morgan fingerprint density at radius 1 is 1.28 bits per heavy atom. The molecule has 29 heavy (non-hydrogen) atoms. The van der Waals surface area contributed by atoms with Crippen molar-refractivity contribution in [2.75, 3.05) is 6.61 Å². The molecule has 4 atom stereocenters. The number of hydrogen-bond donors (Lipinski definition) is 1. The molecule has 2 nitrogen and oxygen atoms in total. The molecule has 5 rings (SSSR count). The minimum atomic E-state index is -0.715. The first-order valence-corrected chi connectivity index (χ1v) is 11.6. The predicted molar refractivity (Wildman–Crippen MR) is 118 cm³/mol. The number of rotatable bonds is 3. The molecule has 0 saturated heterocycles. The Hall–Kier alpha value is -1.55. The molecule has 2 aromatic rings. The molecule has 0 amide bonds. The Labute approximate surface area is 180 Å². The SMILES string of the molecule is CCCCC12CC=CC(CC(F)C1)C21COc2cc(Br)c3cc(O)ccc3c2C1. The summed E-state index contributed by atoms with van der Waals surface area (Å²) < 4.78 is 22.3. The highest BCUT2D eigenvalue weighted by Gasteiger charge is 2.61. The van der Waals surface area contributed by atoms with Crippen LogP contribution in [0.15, 0.2) is 40.9 Å². The number of aromatic hydroxyl groups is 1. The van der Waals surface area contributed by atoms with E-state index in [1.165, 1.54) is 5.56 Å². The maximum absolute atomic E-state index is 14.9. The van der Waals surface area contributed by atoms with Crippen LogP contribution >= 0.6 is 15.9 Å². The largest absolute Gasteiger partial charge is 0.508 e. The molecule has 0 aromatic heterocycles. The topological polar surface area (TPSA) is 29.5 Å². The molecule has 1 heterocycles. The summed E-state index contributed by atoms with van der Waals surface area (Å²) in [5.74, 6) is 1.42. The lowest BCUT2D eigenvalue weighted by molar-refractivity contribution is -0.121. The van der Waals surface area contributed by atoms with E-state index in [1.54, 1.807) is 6.07 Å². The minimum Gasteiger partial charge on any atom is -0.508 e. The summed E-state index contributed by atoms with van der Waals surface area (Å²) >= 11 is 3.65. The monoisotopic (exact) mass is 458 g/mol. The maximum atomic E-state index is 14.9. The predicted octanol–water partition coefficient (Wildman–Crippen LogP) is 7.11. The Kier molecular flexibility index (Phi) is 4.69. The Morgan fingerprint density at radius 2 is 2.14 bits per heavy atom. The van der Waals surface area contributed by atoms with E-state index in [0.29, 0.717) is 19.4 Å². The number of alkyl halides is 1. The van der Waals surface area contributed by atoms with Crippen LogP contribution in [-0.4, -0.2) is 17.9 Å². The van der Waals surface area contributed by atoms with Crippen LogP contribution in [0.3, 0.4) is 0 Å². The Morgan fingerprint density at radius 3 is 2.97 bits per heavy atom. The summed E-state index contributed by atoms with van der Waals surface area (Å²) in [5.41, 5.74) is 1.13. The molecule has 1 fully saturated rings. The van der Waals surface area contributed by atoms with Gasteiger partial charge in [0.15, 0.2) is 0 Å². The molecule has 154 valence electrons. The summed E-state index contributed by atoms with van der Waals surface area (Å²) in [5, 5.41) is 12.1. The molecule has 4 unspecified atom stereocenters. The van der Waals surface area contributed by atoms with Gasteiger partial charge >= 0.3 is 0 Å². The molecule has 0 radical (unpaired) electrons. The molecule has 2 aliphatic carbocycles. The molecule has 2 bridgehead atoms. The van der Waals surface area contributed by atoms with Gasteiger partial charge in [0.05, 0.1) is 6.61 Å². The van der Waals surface area contributed by atoms with Crippen LogP contribution in [0.4, 0.5) is 4.39 Å². The first-order chi connectivity index (χ1) is 14.0. The van der Waals surface area contributed by atoms with E-state index in [-0.39, 0.29) is 22.5 Å². The van der Waals surface area contributed by atoms with Gasteiger partial charge in [-0.3, -0.25) is 0 Å². The number of unbranched alkanes of at least 4 members (excludes halogenated alkanes) is 1. The van der Waals surface area contributed by atoms with Gasteiger partial charge in [0.2, 0.25) is 0 Å². The van der Waals surface area contributed by atoms with Gasteiger partial charge < -0.3 is 9.84 Å². The highest BCUT2D eigenvalue weighted by Crippen LogP contribution is 2.65. The van der Waals surface area contributed by atoms with Crippen molar-refractivity contribution < 1.29 is 14.2 Å². The van der Waals surface area contributed by atoms with Crippen molar-refractivity contribution >= 4 is 26.7 Å².